The molecule has 0 spiro atoms. The van der Waals surface area contributed by atoms with E-state index in [0.29, 0.717) is 30.4 Å². The number of aromatic nitrogens is 2. The first-order valence-electron chi connectivity index (χ1n) is 9.00. The van der Waals surface area contributed by atoms with Gasteiger partial charge in [-0.25, -0.2) is 9.97 Å². The van der Waals surface area contributed by atoms with E-state index in [1.165, 1.54) is 13.4 Å². The number of piperidine rings is 1. The van der Waals surface area contributed by atoms with Gasteiger partial charge in [-0.1, -0.05) is 17.2 Å². The molecule has 3 rings (SSSR count). The van der Waals surface area contributed by atoms with Gasteiger partial charge < -0.3 is 15.0 Å². The Morgan fingerprint density at radius 3 is 2.59 bits per heavy atom. The molecule has 2 heterocycles. The van der Waals surface area contributed by atoms with Gasteiger partial charge in [0.25, 0.3) is 5.91 Å². The van der Waals surface area contributed by atoms with Crippen LogP contribution in [0.1, 0.15) is 34.3 Å². The summed E-state index contributed by atoms with van der Waals surface area (Å²) in [4.78, 5) is 35.2. The number of anilines is 1. The van der Waals surface area contributed by atoms with Crippen molar-refractivity contribution >= 4 is 17.6 Å². The monoisotopic (exact) mass is 368 g/mol. The highest BCUT2D eigenvalue weighted by molar-refractivity contribution is 5.96. The first-order chi connectivity index (χ1) is 13.0. The van der Waals surface area contributed by atoms with Crippen LogP contribution in [-0.4, -0.2) is 46.9 Å². The number of carbonyl (C=O) groups is 2. The molecule has 27 heavy (non-hydrogen) atoms. The van der Waals surface area contributed by atoms with Crippen LogP contribution >= 0.6 is 0 Å². The smallest absolute Gasteiger partial charge is 0.253 e. The number of hydrogen-bond donors (Lipinski definition) is 1. The van der Waals surface area contributed by atoms with Crippen LogP contribution in [0.25, 0.3) is 0 Å². The molecule has 0 unspecified atom stereocenters. The molecule has 7 heteroatoms. The van der Waals surface area contributed by atoms with E-state index in [-0.39, 0.29) is 17.7 Å². The lowest BCUT2D eigenvalue weighted by atomic mass is 9.96. The molecule has 1 fully saturated rings. The zero-order valence-corrected chi connectivity index (χ0v) is 15.9. The van der Waals surface area contributed by atoms with E-state index >= 15 is 0 Å². The summed E-state index contributed by atoms with van der Waals surface area (Å²) < 4.78 is 5.04. The molecule has 0 bridgehead atoms. The van der Waals surface area contributed by atoms with Crippen molar-refractivity contribution in [3.63, 3.8) is 0 Å². The molecule has 1 aromatic carbocycles. The van der Waals surface area contributed by atoms with Gasteiger partial charge in [0, 0.05) is 24.7 Å². The molecule has 1 aliphatic heterocycles. The van der Waals surface area contributed by atoms with Crippen molar-refractivity contribution in [1.29, 1.82) is 0 Å². The molecular weight excluding hydrogens is 344 g/mol. The van der Waals surface area contributed by atoms with Crippen LogP contribution in [0.5, 0.6) is 5.88 Å². The highest BCUT2D eigenvalue weighted by Gasteiger charge is 2.29. The largest absolute Gasteiger partial charge is 0.481 e. The number of rotatable bonds is 4. The number of likely N-dealkylation sites (tertiary alicyclic amines) is 1. The van der Waals surface area contributed by atoms with E-state index < -0.39 is 0 Å². The van der Waals surface area contributed by atoms with E-state index in [0.717, 1.165) is 24.0 Å². The number of benzene rings is 1. The van der Waals surface area contributed by atoms with E-state index in [1.54, 1.807) is 11.0 Å². The first-order valence-corrected chi connectivity index (χ1v) is 9.00. The fourth-order valence-corrected chi connectivity index (χ4v) is 3.40. The van der Waals surface area contributed by atoms with Crippen molar-refractivity contribution in [2.45, 2.75) is 26.7 Å². The molecule has 0 radical (unpaired) electrons. The predicted molar refractivity (Wildman–Crippen MR) is 102 cm³/mol. The number of nitrogens with one attached hydrogen (secondary N) is 1. The van der Waals surface area contributed by atoms with Crippen LogP contribution in [-0.2, 0) is 4.79 Å². The van der Waals surface area contributed by atoms with Gasteiger partial charge in [-0.3, -0.25) is 9.59 Å². The maximum atomic E-state index is 12.9. The van der Waals surface area contributed by atoms with Gasteiger partial charge in [0.2, 0.25) is 11.8 Å². The number of methoxy groups -OCH3 is 1. The first kappa shape index (κ1) is 18.8. The van der Waals surface area contributed by atoms with Gasteiger partial charge >= 0.3 is 0 Å². The number of hydrogen-bond acceptors (Lipinski definition) is 5. The van der Waals surface area contributed by atoms with Gasteiger partial charge in [0.15, 0.2) is 0 Å². The van der Waals surface area contributed by atoms with E-state index in [9.17, 15) is 9.59 Å². The minimum Gasteiger partial charge on any atom is -0.481 e. The van der Waals surface area contributed by atoms with Gasteiger partial charge in [0.1, 0.15) is 12.1 Å². The lowest BCUT2D eigenvalue weighted by Crippen LogP contribution is -2.43. The SMILES string of the molecule is COc1cc(NC(=O)[C@@H]2CCCN(C(=O)c3cc(C)cc(C)c3)C2)ncn1. The Kier molecular flexibility index (Phi) is 5.69. The molecule has 1 atom stereocenters. The topological polar surface area (TPSA) is 84.4 Å². The van der Waals surface area contributed by atoms with Gasteiger partial charge in [0.05, 0.1) is 13.0 Å². The quantitative estimate of drug-likeness (QED) is 0.897. The maximum absolute atomic E-state index is 12.9. The van der Waals surface area contributed by atoms with Crippen LogP contribution in [0.15, 0.2) is 30.6 Å². The number of amides is 2. The normalized spacial score (nSPS) is 16.7. The van der Waals surface area contributed by atoms with E-state index in [1.807, 2.05) is 32.0 Å². The summed E-state index contributed by atoms with van der Waals surface area (Å²) in [7, 11) is 1.51. The predicted octanol–water partition coefficient (Wildman–Crippen LogP) is 2.59. The summed E-state index contributed by atoms with van der Waals surface area (Å²) in [6.07, 6.45) is 2.87. The number of aryl methyl sites for hydroxylation is 2. The zero-order valence-electron chi connectivity index (χ0n) is 15.9. The second-order valence-corrected chi connectivity index (χ2v) is 6.90. The molecule has 1 aromatic heterocycles. The summed E-state index contributed by atoms with van der Waals surface area (Å²) >= 11 is 0. The van der Waals surface area contributed by atoms with E-state index in [4.69, 9.17) is 4.74 Å². The zero-order chi connectivity index (χ0) is 19.4. The van der Waals surface area contributed by atoms with Crippen molar-refractivity contribution in [3.05, 3.63) is 47.3 Å². The van der Waals surface area contributed by atoms with Crippen molar-refractivity contribution < 1.29 is 14.3 Å². The minimum atomic E-state index is -0.269. The van der Waals surface area contributed by atoms with Crippen molar-refractivity contribution in [3.8, 4) is 5.88 Å². The Balaban J connectivity index is 1.67. The highest BCUT2D eigenvalue weighted by atomic mass is 16.5. The second kappa shape index (κ2) is 8.16. The van der Waals surface area contributed by atoms with Gasteiger partial charge in [-0.05, 0) is 38.8 Å². The molecule has 2 amide bonds. The Morgan fingerprint density at radius 1 is 1.15 bits per heavy atom. The van der Waals surface area contributed by atoms with Crippen LogP contribution in [0.2, 0.25) is 0 Å². The average Bonchev–Trinajstić information content (AvgIpc) is 2.67. The third-order valence-electron chi connectivity index (χ3n) is 4.65. The third kappa shape index (κ3) is 4.61. The summed E-state index contributed by atoms with van der Waals surface area (Å²) in [6.45, 7) is 5.02. The van der Waals surface area contributed by atoms with Crippen LogP contribution in [0.3, 0.4) is 0 Å². The summed E-state index contributed by atoms with van der Waals surface area (Å²) in [5.41, 5.74) is 2.79. The van der Waals surface area contributed by atoms with Gasteiger partial charge in [-0.15, -0.1) is 0 Å². The molecular formula is C20H24N4O3. The Morgan fingerprint density at radius 2 is 1.89 bits per heavy atom. The summed E-state index contributed by atoms with van der Waals surface area (Å²) in [5.74, 6) is 0.339. The molecule has 0 saturated carbocycles. The molecule has 0 aliphatic carbocycles. The maximum Gasteiger partial charge on any atom is 0.253 e. The Bertz CT molecular complexity index is 833. The number of ether oxygens (including phenoxy) is 1. The molecule has 2 aromatic rings. The lowest BCUT2D eigenvalue weighted by molar-refractivity contribution is -0.121. The second-order valence-electron chi connectivity index (χ2n) is 6.90. The van der Waals surface area contributed by atoms with Crippen LogP contribution in [0, 0.1) is 19.8 Å². The molecule has 1 saturated heterocycles. The Labute approximate surface area is 158 Å². The van der Waals surface area contributed by atoms with Gasteiger partial charge in [-0.2, -0.15) is 0 Å². The number of carbonyl (C=O) groups excluding carboxylic acids is 2. The fourth-order valence-electron chi connectivity index (χ4n) is 3.40. The van der Waals surface area contributed by atoms with Crippen molar-refractivity contribution in [2.24, 2.45) is 5.92 Å². The lowest BCUT2D eigenvalue weighted by Gasteiger charge is -2.32. The minimum absolute atomic E-state index is 0.0250. The fraction of sp³-hybridized carbons (Fsp3) is 0.400. The molecule has 1 N–H and O–H groups in total. The van der Waals surface area contributed by atoms with Crippen LogP contribution < -0.4 is 10.1 Å². The summed E-state index contributed by atoms with van der Waals surface area (Å²) in [6, 6.07) is 7.40. The third-order valence-corrected chi connectivity index (χ3v) is 4.65. The number of nitrogens with zero attached hydrogens (tertiary/aromatic N) is 3. The summed E-state index contributed by atoms with van der Waals surface area (Å²) in [5, 5.41) is 2.80. The highest BCUT2D eigenvalue weighted by Crippen LogP contribution is 2.21. The molecule has 1 aliphatic rings. The van der Waals surface area contributed by atoms with Crippen molar-refractivity contribution in [1.82, 2.24) is 14.9 Å². The molecule has 7 nitrogen and oxygen atoms in total. The van der Waals surface area contributed by atoms with Crippen LogP contribution in [0.4, 0.5) is 5.82 Å². The standard InChI is InChI=1S/C20H24N4O3/c1-13-7-14(2)9-16(8-13)20(26)24-6-4-5-15(11-24)19(25)23-17-10-18(27-3)22-12-21-17/h7-10,12,15H,4-6,11H2,1-3H3,(H,21,22,23,25)/t15-/m1/s1. The van der Waals surface area contributed by atoms with Crippen molar-refractivity contribution in [2.75, 3.05) is 25.5 Å². The Hall–Kier alpha value is -2.96. The molecule has 142 valence electrons. The average molecular weight is 368 g/mol. The van der Waals surface area contributed by atoms with E-state index in [2.05, 4.69) is 15.3 Å².